The van der Waals surface area contributed by atoms with Gasteiger partial charge in [0.15, 0.2) is 17.5 Å². The van der Waals surface area contributed by atoms with Gasteiger partial charge in [-0.1, -0.05) is 24.0 Å². The van der Waals surface area contributed by atoms with Crippen LogP contribution < -0.4 is 20.1 Å². The fourth-order valence-corrected chi connectivity index (χ4v) is 2.44. The summed E-state index contributed by atoms with van der Waals surface area (Å²) < 4.78 is 48.7. The van der Waals surface area contributed by atoms with Crippen LogP contribution in [0.25, 0.3) is 0 Å². The molecule has 0 bridgehead atoms. The van der Waals surface area contributed by atoms with Crippen molar-refractivity contribution in [3.8, 4) is 23.3 Å². The van der Waals surface area contributed by atoms with Gasteiger partial charge in [0.25, 0.3) is 0 Å². The number of methoxy groups -OCH3 is 2. The molecule has 2 aromatic rings. The van der Waals surface area contributed by atoms with Crippen molar-refractivity contribution in [1.82, 2.24) is 10.6 Å². The Morgan fingerprint density at radius 2 is 1.77 bits per heavy atom. The van der Waals surface area contributed by atoms with Gasteiger partial charge in [-0.25, -0.2) is 0 Å². The van der Waals surface area contributed by atoms with Crippen molar-refractivity contribution in [3.05, 3.63) is 59.2 Å². The first-order valence-electron chi connectivity index (χ1n) is 8.69. The first-order valence-corrected chi connectivity index (χ1v) is 8.69. The third-order valence-corrected chi connectivity index (χ3v) is 3.90. The molecular formula is C21H23F3IN3O2. The Morgan fingerprint density at radius 1 is 1.03 bits per heavy atom. The lowest BCUT2D eigenvalue weighted by atomic mass is 10.1. The predicted octanol–water partition coefficient (Wildman–Crippen LogP) is 4.06. The van der Waals surface area contributed by atoms with E-state index < -0.39 is 11.7 Å². The van der Waals surface area contributed by atoms with Gasteiger partial charge in [0.2, 0.25) is 0 Å². The van der Waals surface area contributed by atoms with Crippen LogP contribution in [-0.4, -0.2) is 33.8 Å². The van der Waals surface area contributed by atoms with Crippen LogP contribution in [-0.2, 0) is 12.7 Å². The number of benzene rings is 2. The van der Waals surface area contributed by atoms with Gasteiger partial charge in [0.1, 0.15) is 0 Å². The zero-order valence-electron chi connectivity index (χ0n) is 16.8. The number of ether oxygens (including phenoxy) is 2. The Hall–Kier alpha value is -2.61. The van der Waals surface area contributed by atoms with Crippen LogP contribution in [0, 0.1) is 11.8 Å². The predicted molar refractivity (Wildman–Crippen MR) is 121 cm³/mol. The van der Waals surface area contributed by atoms with Gasteiger partial charge in [-0.2, -0.15) is 13.2 Å². The van der Waals surface area contributed by atoms with Crippen LogP contribution in [0.15, 0.2) is 47.5 Å². The molecule has 162 valence electrons. The molecule has 9 heteroatoms. The van der Waals surface area contributed by atoms with Crippen molar-refractivity contribution in [1.29, 1.82) is 0 Å². The van der Waals surface area contributed by atoms with Gasteiger partial charge >= 0.3 is 6.18 Å². The van der Waals surface area contributed by atoms with E-state index in [1.807, 2.05) is 18.2 Å². The molecule has 0 unspecified atom stereocenters. The Kier molecular flexibility index (Phi) is 10.3. The number of rotatable bonds is 5. The van der Waals surface area contributed by atoms with Crippen molar-refractivity contribution >= 4 is 29.9 Å². The maximum absolute atomic E-state index is 12.7. The van der Waals surface area contributed by atoms with Gasteiger partial charge in [-0.15, -0.1) is 24.0 Å². The van der Waals surface area contributed by atoms with Gasteiger partial charge in [-0.3, -0.25) is 4.99 Å². The fraction of sp³-hybridized carbons (Fsp3) is 0.286. The number of nitrogens with zero attached hydrogens (tertiary/aromatic N) is 1. The van der Waals surface area contributed by atoms with E-state index in [4.69, 9.17) is 9.47 Å². The van der Waals surface area contributed by atoms with Crippen LogP contribution >= 0.6 is 24.0 Å². The summed E-state index contributed by atoms with van der Waals surface area (Å²) >= 11 is 0. The Morgan fingerprint density at radius 3 is 2.40 bits per heavy atom. The molecule has 0 fully saturated rings. The van der Waals surface area contributed by atoms with Crippen LogP contribution in [0.3, 0.4) is 0 Å². The number of halogens is 4. The molecule has 0 aliphatic rings. The third-order valence-electron chi connectivity index (χ3n) is 3.90. The molecule has 30 heavy (non-hydrogen) atoms. The average Bonchev–Trinajstić information content (AvgIpc) is 2.72. The van der Waals surface area contributed by atoms with Crippen LogP contribution in [0.4, 0.5) is 13.2 Å². The van der Waals surface area contributed by atoms with Crippen LogP contribution in [0.2, 0.25) is 0 Å². The SMILES string of the molecule is CN=C(NCC#Cc1cccc(C(F)(F)F)c1)NCc1ccc(OC)c(OC)c1.I. The molecule has 0 saturated carbocycles. The quantitative estimate of drug-likeness (QED) is 0.264. The number of aliphatic imine (C=N–C) groups is 1. The van der Waals surface area contributed by atoms with Crippen molar-refractivity contribution in [2.45, 2.75) is 12.7 Å². The van der Waals surface area contributed by atoms with E-state index in [-0.39, 0.29) is 30.5 Å². The normalized spacial score (nSPS) is 10.9. The van der Waals surface area contributed by atoms with E-state index in [9.17, 15) is 13.2 Å². The van der Waals surface area contributed by atoms with Crippen LogP contribution in [0.1, 0.15) is 16.7 Å². The lowest BCUT2D eigenvalue weighted by Gasteiger charge is -2.12. The second-order valence-corrected chi connectivity index (χ2v) is 5.85. The highest BCUT2D eigenvalue weighted by molar-refractivity contribution is 14.0. The summed E-state index contributed by atoms with van der Waals surface area (Å²) in [7, 11) is 4.75. The Bertz CT molecular complexity index is 922. The molecular weight excluding hydrogens is 510 g/mol. The van der Waals surface area contributed by atoms with E-state index in [1.165, 1.54) is 12.1 Å². The summed E-state index contributed by atoms with van der Waals surface area (Å²) in [5, 5.41) is 6.12. The standard InChI is InChI=1S/C21H22F3N3O2.HI/c1-25-20(27-14-16-9-10-18(28-2)19(13-16)29-3)26-11-5-7-15-6-4-8-17(12-15)21(22,23)24;/h4,6,8-10,12-13H,11,14H2,1-3H3,(H2,25,26,27);1H. The molecule has 0 atom stereocenters. The zero-order chi connectivity index (χ0) is 21.3. The molecule has 2 rings (SSSR count). The summed E-state index contributed by atoms with van der Waals surface area (Å²) in [6, 6.07) is 10.5. The van der Waals surface area contributed by atoms with E-state index in [0.717, 1.165) is 17.7 Å². The largest absolute Gasteiger partial charge is 0.493 e. The van der Waals surface area contributed by atoms with Gasteiger partial charge < -0.3 is 20.1 Å². The monoisotopic (exact) mass is 533 g/mol. The highest BCUT2D eigenvalue weighted by Crippen LogP contribution is 2.29. The van der Waals surface area contributed by atoms with Gasteiger partial charge in [0, 0.05) is 19.2 Å². The maximum atomic E-state index is 12.7. The minimum atomic E-state index is -4.38. The highest BCUT2D eigenvalue weighted by Gasteiger charge is 2.30. The molecule has 0 heterocycles. The molecule has 0 radical (unpaired) electrons. The number of nitrogens with one attached hydrogen (secondary N) is 2. The molecule has 0 aliphatic carbocycles. The van der Waals surface area contributed by atoms with Crippen LogP contribution in [0.5, 0.6) is 11.5 Å². The van der Waals surface area contributed by atoms with E-state index in [2.05, 4.69) is 27.5 Å². The fourth-order valence-electron chi connectivity index (χ4n) is 2.44. The number of guanidine groups is 1. The van der Waals surface area contributed by atoms with Crippen molar-refractivity contribution in [3.63, 3.8) is 0 Å². The molecule has 2 N–H and O–H groups in total. The lowest BCUT2D eigenvalue weighted by Crippen LogP contribution is -2.36. The minimum Gasteiger partial charge on any atom is -0.493 e. The molecule has 0 spiro atoms. The van der Waals surface area contributed by atoms with Gasteiger partial charge in [-0.05, 0) is 35.9 Å². The molecule has 0 aliphatic heterocycles. The second-order valence-electron chi connectivity index (χ2n) is 5.85. The molecule has 0 amide bonds. The van der Waals surface area contributed by atoms with Gasteiger partial charge in [0.05, 0.1) is 26.3 Å². The molecule has 5 nitrogen and oxygen atoms in total. The topological polar surface area (TPSA) is 54.9 Å². The molecule has 0 saturated heterocycles. The van der Waals surface area contributed by atoms with E-state index in [1.54, 1.807) is 21.3 Å². The Balaban J connectivity index is 0.00000450. The van der Waals surface area contributed by atoms with E-state index in [0.29, 0.717) is 29.6 Å². The first-order chi connectivity index (χ1) is 13.9. The number of hydrogen-bond acceptors (Lipinski definition) is 3. The third kappa shape index (κ3) is 7.67. The Labute approximate surface area is 191 Å². The summed E-state index contributed by atoms with van der Waals surface area (Å²) in [6.45, 7) is 0.711. The van der Waals surface area contributed by atoms with Crippen molar-refractivity contribution < 1.29 is 22.6 Å². The summed E-state index contributed by atoms with van der Waals surface area (Å²) in [6.07, 6.45) is -4.38. The molecule has 2 aromatic carbocycles. The first kappa shape index (κ1) is 25.4. The molecule has 0 aromatic heterocycles. The zero-order valence-corrected chi connectivity index (χ0v) is 19.1. The maximum Gasteiger partial charge on any atom is 0.416 e. The smallest absolute Gasteiger partial charge is 0.416 e. The average molecular weight is 533 g/mol. The number of alkyl halides is 3. The number of hydrogen-bond donors (Lipinski definition) is 2. The lowest BCUT2D eigenvalue weighted by molar-refractivity contribution is -0.137. The highest BCUT2D eigenvalue weighted by atomic mass is 127. The van der Waals surface area contributed by atoms with Crippen molar-refractivity contribution in [2.75, 3.05) is 27.8 Å². The van der Waals surface area contributed by atoms with E-state index >= 15 is 0 Å². The van der Waals surface area contributed by atoms with Crippen molar-refractivity contribution in [2.24, 2.45) is 4.99 Å². The minimum absolute atomic E-state index is 0. The summed E-state index contributed by atoms with van der Waals surface area (Å²) in [4.78, 5) is 4.09. The second kappa shape index (κ2) is 12.2. The summed E-state index contributed by atoms with van der Waals surface area (Å²) in [5.41, 5.74) is 0.542. The summed E-state index contributed by atoms with van der Waals surface area (Å²) in [5.74, 6) is 7.28.